The predicted molar refractivity (Wildman–Crippen MR) is 67.9 cm³/mol. The van der Waals surface area contributed by atoms with Crippen molar-refractivity contribution in [2.45, 2.75) is 19.4 Å². The lowest BCUT2D eigenvalue weighted by molar-refractivity contribution is -0.136. The minimum atomic E-state index is -1.07. The number of aryl methyl sites for hydroxylation is 1. The van der Waals surface area contributed by atoms with Crippen LogP contribution in [-0.2, 0) is 9.59 Å². The van der Waals surface area contributed by atoms with Gasteiger partial charge in [0, 0.05) is 12.7 Å². The fraction of sp³-hybridized carbons (Fsp3) is 0.308. The maximum atomic E-state index is 11.8. The van der Waals surface area contributed by atoms with Gasteiger partial charge in [0.1, 0.15) is 6.04 Å². The Kier molecular flexibility index (Phi) is 3.25. The Labute approximate surface area is 110 Å². The van der Waals surface area contributed by atoms with E-state index in [0.29, 0.717) is 5.69 Å². The van der Waals surface area contributed by atoms with Crippen molar-refractivity contribution in [1.82, 2.24) is 4.90 Å². The van der Waals surface area contributed by atoms with Crippen molar-refractivity contribution in [1.29, 1.82) is 0 Å². The first kappa shape index (κ1) is 13.1. The molecule has 6 nitrogen and oxygen atoms in total. The zero-order valence-corrected chi connectivity index (χ0v) is 10.6. The summed E-state index contributed by atoms with van der Waals surface area (Å²) in [6.45, 7) is 1.79. The second-order valence-corrected chi connectivity index (χ2v) is 4.55. The first-order valence-corrected chi connectivity index (χ1v) is 5.81. The number of likely N-dealkylation sites (N-methyl/N-ethyl adjacent to an activating group) is 1. The van der Waals surface area contributed by atoms with Crippen LogP contribution in [0.15, 0.2) is 18.2 Å². The third-order valence-corrected chi connectivity index (χ3v) is 3.12. The fourth-order valence-electron chi connectivity index (χ4n) is 2.02. The van der Waals surface area contributed by atoms with Crippen molar-refractivity contribution in [3.8, 4) is 0 Å². The van der Waals surface area contributed by atoms with Gasteiger partial charge in [0.05, 0.1) is 12.0 Å². The summed E-state index contributed by atoms with van der Waals surface area (Å²) in [7, 11) is 1.42. The summed E-state index contributed by atoms with van der Waals surface area (Å²) in [5.41, 5.74) is 1.25. The quantitative estimate of drug-likeness (QED) is 0.789. The second kappa shape index (κ2) is 4.72. The number of anilines is 1. The molecule has 0 aromatic heterocycles. The molecule has 1 unspecified atom stereocenters. The Balaban J connectivity index is 2.27. The first-order chi connectivity index (χ1) is 8.90. The summed E-state index contributed by atoms with van der Waals surface area (Å²) < 4.78 is 0. The molecule has 1 aliphatic rings. The van der Waals surface area contributed by atoms with Gasteiger partial charge in [-0.1, -0.05) is 11.6 Å². The number of carbonyl (C=O) groups excluding carboxylic acids is 2. The van der Waals surface area contributed by atoms with Gasteiger partial charge in [0.2, 0.25) is 5.91 Å². The number of aromatic carboxylic acids is 1. The summed E-state index contributed by atoms with van der Waals surface area (Å²) in [4.78, 5) is 35.4. The molecule has 1 saturated heterocycles. The summed E-state index contributed by atoms with van der Waals surface area (Å²) in [5.74, 6) is -1.69. The van der Waals surface area contributed by atoms with Crippen molar-refractivity contribution in [2.75, 3.05) is 12.4 Å². The molecule has 0 bridgehead atoms. The van der Waals surface area contributed by atoms with E-state index in [2.05, 4.69) is 5.32 Å². The van der Waals surface area contributed by atoms with Crippen LogP contribution in [0.5, 0.6) is 0 Å². The highest BCUT2D eigenvalue weighted by Gasteiger charge is 2.36. The highest BCUT2D eigenvalue weighted by Crippen LogP contribution is 2.22. The maximum absolute atomic E-state index is 11.8. The summed E-state index contributed by atoms with van der Waals surface area (Å²) in [5, 5.41) is 12.0. The number of nitrogens with one attached hydrogen (secondary N) is 1. The number of hydrogen-bond acceptors (Lipinski definition) is 4. The molecule has 100 valence electrons. The minimum Gasteiger partial charge on any atom is -0.478 e. The van der Waals surface area contributed by atoms with E-state index in [9.17, 15) is 14.4 Å². The molecule has 1 atom stereocenters. The molecule has 2 N–H and O–H groups in total. The fourth-order valence-corrected chi connectivity index (χ4v) is 2.02. The average Bonchev–Trinajstić information content (AvgIpc) is 2.59. The molecule has 0 aliphatic carbocycles. The summed E-state index contributed by atoms with van der Waals surface area (Å²) in [6.07, 6.45) is 0.0439. The normalized spacial score (nSPS) is 18.8. The molecule has 0 saturated carbocycles. The number of hydrogen-bond donors (Lipinski definition) is 2. The van der Waals surface area contributed by atoms with Crippen LogP contribution in [0.4, 0.5) is 5.69 Å². The predicted octanol–water partition coefficient (Wildman–Crippen LogP) is 0.862. The number of nitrogens with zero attached hydrogens (tertiary/aromatic N) is 1. The third-order valence-electron chi connectivity index (χ3n) is 3.12. The lowest BCUT2D eigenvalue weighted by Gasteiger charge is -2.14. The zero-order valence-electron chi connectivity index (χ0n) is 10.6. The maximum Gasteiger partial charge on any atom is 0.337 e. The van der Waals surface area contributed by atoms with Crippen LogP contribution >= 0.6 is 0 Å². The number of rotatable bonds is 3. The summed E-state index contributed by atoms with van der Waals surface area (Å²) >= 11 is 0. The molecule has 1 aromatic carbocycles. The molecule has 2 amide bonds. The zero-order chi connectivity index (χ0) is 14.2. The monoisotopic (exact) mass is 262 g/mol. The van der Waals surface area contributed by atoms with Crippen LogP contribution in [0, 0.1) is 6.92 Å². The largest absolute Gasteiger partial charge is 0.478 e. The Hall–Kier alpha value is -2.37. The molecule has 2 rings (SSSR count). The van der Waals surface area contributed by atoms with Gasteiger partial charge in [-0.3, -0.25) is 14.5 Å². The number of imide groups is 1. The van der Waals surface area contributed by atoms with Crippen molar-refractivity contribution in [2.24, 2.45) is 0 Å². The number of carboxylic acid groups (broad SMARTS) is 1. The van der Waals surface area contributed by atoms with Gasteiger partial charge in [-0.15, -0.1) is 0 Å². The molecule has 1 aliphatic heterocycles. The number of likely N-dealkylation sites (tertiary alicyclic amines) is 1. The van der Waals surface area contributed by atoms with Crippen LogP contribution in [0.1, 0.15) is 22.3 Å². The molecule has 1 fully saturated rings. The van der Waals surface area contributed by atoms with E-state index in [1.807, 2.05) is 0 Å². The molecule has 0 radical (unpaired) electrons. The molecule has 0 spiro atoms. The van der Waals surface area contributed by atoms with Crippen LogP contribution in [-0.4, -0.2) is 40.9 Å². The standard InChI is InChI=1S/C13H14N2O4/c1-7-3-4-9(8(5-7)13(18)19)14-10-6-11(16)15(2)12(10)17/h3-5,10,14H,6H2,1-2H3,(H,18,19). The lowest BCUT2D eigenvalue weighted by atomic mass is 10.1. The molecular formula is C13H14N2O4. The van der Waals surface area contributed by atoms with Crippen molar-refractivity contribution >= 4 is 23.5 Å². The highest BCUT2D eigenvalue weighted by molar-refractivity contribution is 6.07. The van der Waals surface area contributed by atoms with Gasteiger partial charge in [-0.2, -0.15) is 0 Å². The smallest absolute Gasteiger partial charge is 0.337 e. The van der Waals surface area contributed by atoms with Crippen LogP contribution in [0.3, 0.4) is 0 Å². The Morgan fingerprint density at radius 2 is 2.11 bits per heavy atom. The Bertz CT molecular complexity index is 568. The SMILES string of the molecule is Cc1ccc(NC2CC(=O)N(C)C2=O)c(C(=O)O)c1. The minimum absolute atomic E-state index is 0.0439. The average molecular weight is 262 g/mol. The van der Waals surface area contributed by atoms with Crippen LogP contribution in [0.2, 0.25) is 0 Å². The molecule has 19 heavy (non-hydrogen) atoms. The lowest BCUT2D eigenvalue weighted by Crippen LogP contribution is -2.32. The Morgan fingerprint density at radius 1 is 1.42 bits per heavy atom. The van der Waals surface area contributed by atoms with E-state index < -0.39 is 12.0 Å². The van der Waals surface area contributed by atoms with Crippen LogP contribution < -0.4 is 5.32 Å². The number of amides is 2. The second-order valence-electron chi connectivity index (χ2n) is 4.55. The van der Waals surface area contributed by atoms with Crippen molar-refractivity contribution in [3.05, 3.63) is 29.3 Å². The number of carbonyl (C=O) groups is 3. The van der Waals surface area contributed by atoms with Gasteiger partial charge in [-0.25, -0.2) is 4.79 Å². The van der Waals surface area contributed by atoms with E-state index in [4.69, 9.17) is 5.11 Å². The topological polar surface area (TPSA) is 86.7 Å². The third kappa shape index (κ3) is 2.42. The van der Waals surface area contributed by atoms with E-state index in [1.54, 1.807) is 19.1 Å². The highest BCUT2D eigenvalue weighted by atomic mass is 16.4. The number of benzene rings is 1. The van der Waals surface area contributed by atoms with Gasteiger partial charge in [0.25, 0.3) is 5.91 Å². The number of carboxylic acids is 1. The van der Waals surface area contributed by atoms with Gasteiger partial charge < -0.3 is 10.4 Å². The molecule has 6 heteroatoms. The first-order valence-electron chi connectivity index (χ1n) is 5.81. The van der Waals surface area contributed by atoms with Gasteiger partial charge in [-0.05, 0) is 19.1 Å². The van der Waals surface area contributed by atoms with Crippen molar-refractivity contribution in [3.63, 3.8) is 0 Å². The van der Waals surface area contributed by atoms with E-state index in [0.717, 1.165) is 10.5 Å². The van der Waals surface area contributed by atoms with Crippen molar-refractivity contribution < 1.29 is 19.5 Å². The van der Waals surface area contributed by atoms with Gasteiger partial charge >= 0.3 is 5.97 Å². The van der Waals surface area contributed by atoms with E-state index in [1.165, 1.54) is 13.1 Å². The van der Waals surface area contributed by atoms with Gasteiger partial charge in [0.15, 0.2) is 0 Å². The molecule has 1 heterocycles. The molecule has 1 aromatic rings. The van der Waals surface area contributed by atoms with E-state index >= 15 is 0 Å². The molecular weight excluding hydrogens is 248 g/mol. The summed E-state index contributed by atoms with van der Waals surface area (Å²) in [6, 6.07) is 4.18. The Morgan fingerprint density at radius 3 is 2.63 bits per heavy atom. The van der Waals surface area contributed by atoms with Crippen LogP contribution in [0.25, 0.3) is 0 Å². The van der Waals surface area contributed by atoms with E-state index in [-0.39, 0.29) is 23.8 Å².